The standard InChI is InChI=1S/C42H42N5O8/c1-42(2,3)55-37(49)26-45(22-21-43-41(53)54-27-34-32-19-11-9-17-30(32)31-18-10-12-20-33(31)34)36(48)25-46-24-35(38(50)44-40(46)52)47(23-28-13-7-8-14-28)39(51)29-15-5-4-6-16-29/h4-20,24,34H,21-23,25-27H2,1-3H3,(H,43,53)(H,44,50,52). The molecular formula is C42H42N5O8. The normalized spacial score (nSPS) is 13.8. The molecule has 13 nitrogen and oxygen atoms in total. The molecule has 13 heteroatoms. The van der Waals surface area contributed by atoms with Crippen molar-refractivity contribution in [3.8, 4) is 11.1 Å². The van der Waals surface area contributed by atoms with Crippen molar-refractivity contribution in [2.24, 2.45) is 0 Å². The van der Waals surface area contributed by atoms with E-state index in [1.54, 1.807) is 76.8 Å². The number of rotatable bonds is 13. The fourth-order valence-corrected chi connectivity index (χ4v) is 6.52. The Morgan fingerprint density at radius 2 is 1.47 bits per heavy atom. The molecule has 4 aromatic rings. The van der Waals surface area contributed by atoms with Crippen LogP contribution in [0.5, 0.6) is 0 Å². The third-order valence-corrected chi connectivity index (χ3v) is 9.01. The third kappa shape index (κ3) is 9.58. The lowest BCUT2D eigenvalue weighted by molar-refractivity contribution is -0.159. The van der Waals surface area contributed by atoms with Crippen molar-refractivity contribution in [1.82, 2.24) is 19.8 Å². The van der Waals surface area contributed by atoms with Crippen LogP contribution >= 0.6 is 0 Å². The molecule has 0 spiro atoms. The molecule has 2 N–H and O–H groups in total. The number of nitrogens with one attached hydrogen (secondary N) is 2. The average molecular weight is 745 g/mol. The number of nitrogens with zero attached hydrogens (tertiary/aromatic N) is 3. The van der Waals surface area contributed by atoms with Gasteiger partial charge in [-0.3, -0.25) is 28.7 Å². The number of aromatic amines is 1. The summed E-state index contributed by atoms with van der Waals surface area (Å²) in [7, 11) is 0. The van der Waals surface area contributed by atoms with Crippen molar-refractivity contribution in [3.63, 3.8) is 0 Å². The summed E-state index contributed by atoms with van der Waals surface area (Å²) in [5.74, 6) is -1.28. The summed E-state index contributed by atoms with van der Waals surface area (Å²) < 4.78 is 12.0. The summed E-state index contributed by atoms with van der Waals surface area (Å²) in [6.45, 7) is 3.87. The Morgan fingerprint density at radius 3 is 2.11 bits per heavy atom. The predicted octanol–water partition coefficient (Wildman–Crippen LogP) is 4.30. The number of esters is 1. The summed E-state index contributed by atoms with van der Waals surface area (Å²) in [4.78, 5) is 84.1. The van der Waals surface area contributed by atoms with E-state index in [-0.39, 0.29) is 37.8 Å². The molecule has 0 saturated heterocycles. The fourth-order valence-electron chi connectivity index (χ4n) is 6.52. The molecule has 0 bridgehead atoms. The number of H-pyrrole nitrogens is 1. The van der Waals surface area contributed by atoms with Crippen LogP contribution in [-0.4, -0.2) is 76.7 Å². The van der Waals surface area contributed by atoms with E-state index in [1.807, 2.05) is 48.5 Å². The highest BCUT2D eigenvalue weighted by Crippen LogP contribution is 2.44. The molecule has 3 amide bonds. The number of carbonyl (C=O) groups excluding carboxylic acids is 4. The van der Waals surface area contributed by atoms with Crippen LogP contribution in [-0.2, 0) is 25.6 Å². The van der Waals surface area contributed by atoms with Crippen LogP contribution in [0.4, 0.5) is 10.5 Å². The largest absolute Gasteiger partial charge is 0.459 e. The average Bonchev–Trinajstić information content (AvgIpc) is 3.79. The van der Waals surface area contributed by atoms with E-state index < -0.39 is 53.8 Å². The van der Waals surface area contributed by atoms with Gasteiger partial charge in [0.2, 0.25) is 5.91 Å². The Hall–Kier alpha value is -5.98. The van der Waals surface area contributed by atoms with Gasteiger partial charge < -0.3 is 24.6 Å². The van der Waals surface area contributed by atoms with Crippen LogP contribution in [0, 0.1) is 31.6 Å². The second-order valence-electron chi connectivity index (χ2n) is 14.1. The Kier molecular flexibility index (Phi) is 12.0. The Labute approximate surface area is 319 Å². The van der Waals surface area contributed by atoms with Gasteiger partial charge in [0.25, 0.3) is 11.5 Å². The van der Waals surface area contributed by atoms with Crippen LogP contribution in [0.15, 0.2) is 94.6 Å². The van der Waals surface area contributed by atoms with Gasteiger partial charge in [-0.25, -0.2) is 9.59 Å². The van der Waals surface area contributed by atoms with Gasteiger partial charge in [-0.05, 0) is 80.8 Å². The first-order valence-electron chi connectivity index (χ1n) is 17.9. The highest BCUT2D eigenvalue weighted by molar-refractivity contribution is 6.06. The summed E-state index contributed by atoms with van der Waals surface area (Å²) >= 11 is 0. The molecule has 1 heterocycles. The number of amides is 3. The number of carbonyl (C=O) groups is 4. The maximum atomic E-state index is 13.8. The minimum Gasteiger partial charge on any atom is -0.459 e. The maximum absolute atomic E-state index is 13.8. The van der Waals surface area contributed by atoms with Crippen LogP contribution < -0.4 is 21.5 Å². The molecule has 0 aliphatic heterocycles. The van der Waals surface area contributed by atoms with Crippen molar-refractivity contribution in [1.29, 1.82) is 0 Å². The molecule has 2 aliphatic carbocycles. The molecule has 3 aromatic carbocycles. The summed E-state index contributed by atoms with van der Waals surface area (Å²) in [5.41, 5.74) is 1.91. The predicted molar refractivity (Wildman–Crippen MR) is 205 cm³/mol. The molecule has 2 aliphatic rings. The SMILES string of the molecule is CC(C)(C)OC(=O)CN(CCNC(=O)OCC1c2ccccc2-c2ccccc21)C(=O)Cn1cc(N(C[C]2[CH][CH][CH][CH]2)C(=O)c2ccccc2)c(=O)[nH]c1=O. The minimum absolute atomic E-state index is 0.0161. The van der Waals surface area contributed by atoms with Crippen molar-refractivity contribution in [2.45, 2.75) is 38.8 Å². The van der Waals surface area contributed by atoms with E-state index >= 15 is 0 Å². The van der Waals surface area contributed by atoms with Gasteiger partial charge in [0.1, 0.15) is 31.0 Å². The first kappa shape index (κ1) is 38.7. The van der Waals surface area contributed by atoms with E-state index in [9.17, 15) is 28.8 Å². The van der Waals surface area contributed by atoms with E-state index in [1.165, 1.54) is 4.90 Å². The molecular weight excluding hydrogens is 702 g/mol. The Bertz CT molecular complexity index is 2100. The van der Waals surface area contributed by atoms with Gasteiger partial charge in [0.05, 0.1) is 0 Å². The molecule has 6 rings (SSSR count). The Morgan fingerprint density at radius 1 is 0.855 bits per heavy atom. The van der Waals surface area contributed by atoms with Crippen molar-refractivity contribution >= 4 is 29.6 Å². The number of ether oxygens (including phenoxy) is 2. The van der Waals surface area contributed by atoms with Gasteiger partial charge in [-0.2, -0.15) is 0 Å². The molecule has 55 heavy (non-hydrogen) atoms. The number of hydrogen-bond donors (Lipinski definition) is 2. The van der Waals surface area contributed by atoms with Gasteiger partial charge in [-0.1, -0.05) is 66.7 Å². The van der Waals surface area contributed by atoms with E-state index in [2.05, 4.69) is 10.3 Å². The lowest BCUT2D eigenvalue weighted by Gasteiger charge is -2.26. The lowest BCUT2D eigenvalue weighted by atomic mass is 9.98. The summed E-state index contributed by atoms with van der Waals surface area (Å²) in [5, 5.41) is 2.65. The lowest BCUT2D eigenvalue weighted by Crippen LogP contribution is -2.46. The monoisotopic (exact) mass is 744 g/mol. The van der Waals surface area contributed by atoms with Gasteiger partial charge in [0.15, 0.2) is 0 Å². The van der Waals surface area contributed by atoms with Crippen molar-refractivity contribution in [2.75, 3.05) is 37.7 Å². The van der Waals surface area contributed by atoms with Gasteiger partial charge in [0, 0.05) is 43.2 Å². The number of anilines is 1. The van der Waals surface area contributed by atoms with Gasteiger partial charge >= 0.3 is 17.8 Å². The molecule has 283 valence electrons. The molecule has 0 unspecified atom stereocenters. The fraction of sp³-hybridized carbons (Fsp3) is 0.262. The molecule has 5 radical (unpaired) electrons. The van der Waals surface area contributed by atoms with E-state index in [0.29, 0.717) is 5.56 Å². The highest BCUT2D eigenvalue weighted by atomic mass is 16.6. The zero-order chi connectivity index (χ0) is 39.1. The van der Waals surface area contributed by atoms with E-state index in [0.717, 1.165) is 43.8 Å². The topological polar surface area (TPSA) is 160 Å². The summed E-state index contributed by atoms with van der Waals surface area (Å²) in [6, 6.07) is 24.3. The highest BCUT2D eigenvalue weighted by Gasteiger charge is 2.30. The first-order chi connectivity index (χ1) is 26.4. The molecule has 1 aromatic heterocycles. The number of alkyl carbamates (subject to hydrolysis) is 1. The molecule has 1 saturated carbocycles. The van der Waals surface area contributed by atoms with Crippen LogP contribution in [0.3, 0.4) is 0 Å². The van der Waals surface area contributed by atoms with Crippen LogP contribution in [0.1, 0.15) is 48.2 Å². The number of aromatic nitrogens is 2. The van der Waals surface area contributed by atoms with Crippen LogP contribution in [0.2, 0.25) is 0 Å². The second kappa shape index (κ2) is 17.0. The van der Waals surface area contributed by atoms with E-state index in [4.69, 9.17) is 9.47 Å². The second-order valence-corrected chi connectivity index (χ2v) is 14.1. The quantitative estimate of drug-likeness (QED) is 0.192. The van der Waals surface area contributed by atoms with Gasteiger partial charge in [-0.15, -0.1) is 0 Å². The number of benzene rings is 3. The first-order valence-corrected chi connectivity index (χ1v) is 17.9. The number of hydrogen-bond acceptors (Lipinski definition) is 8. The zero-order valence-electron chi connectivity index (χ0n) is 30.8. The summed E-state index contributed by atoms with van der Waals surface area (Å²) in [6.07, 6.45) is 7.64. The number of fused-ring (bicyclic) bond motifs is 3. The Balaban J connectivity index is 1.15. The zero-order valence-corrected chi connectivity index (χ0v) is 30.8. The maximum Gasteiger partial charge on any atom is 0.407 e. The van der Waals surface area contributed by atoms with Crippen molar-refractivity contribution in [3.05, 3.63) is 154 Å². The third-order valence-electron chi connectivity index (χ3n) is 9.01. The molecule has 1 fully saturated rings. The minimum atomic E-state index is -0.892. The van der Waals surface area contributed by atoms with Crippen molar-refractivity contribution < 1.29 is 28.7 Å². The smallest absolute Gasteiger partial charge is 0.407 e. The van der Waals surface area contributed by atoms with Crippen LogP contribution in [0.25, 0.3) is 11.1 Å². The molecule has 0 atom stereocenters.